The first-order valence-corrected chi connectivity index (χ1v) is 10.7. The van der Waals surface area contributed by atoms with Crippen molar-refractivity contribution < 1.29 is 9.59 Å². The summed E-state index contributed by atoms with van der Waals surface area (Å²) in [6, 6.07) is 8.42. The lowest BCUT2D eigenvalue weighted by Crippen LogP contribution is -2.46. The van der Waals surface area contributed by atoms with Crippen molar-refractivity contribution in [1.29, 1.82) is 0 Å². The third kappa shape index (κ3) is 4.20. The predicted octanol–water partition coefficient (Wildman–Crippen LogP) is 3.91. The van der Waals surface area contributed by atoms with Crippen LogP contribution in [0.4, 0.5) is 0 Å². The highest BCUT2D eigenvalue weighted by atomic mass is 16.2. The number of rotatable bonds is 4. The summed E-state index contributed by atoms with van der Waals surface area (Å²) in [5.41, 5.74) is 2.38. The van der Waals surface area contributed by atoms with Crippen LogP contribution >= 0.6 is 0 Å². The van der Waals surface area contributed by atoms with Crippen LogP contribution in [0.5, 0.6) is 0 Å². The number of likely N-dealkylation sites (tertiary alicyclic amines) is 2. The van der Waals surface area contributed by atoms with E-state index in [2.05, 4.69) is 36.1 Å². The Hall–Kier alpha value is -1.84. The molecule has 0 aromatic heterocycles. The Morgan fingerprint density at radius 1 is 1.04 bits per heavy atom. The Kier molecular flexibility index (Phi) is 5.51. The molecule has 2 saturated heterocycles. The van der Waals surface area contributed by atoms with Crippen molar-refractivity contribution in [3.8, 4) is 0 Å². The van der Waals surface area contributed by atoms with Crippen molar-refractivity contribution in [3.63, 3.8) is 0 Å². The summed E-state index contributed by atoms with van der Waals surface area (Å²) in [6.45, 7) is 4.56. The molecule has 4 rings (SSSR count). The Balaban J connectivity index is 1.36. The number of hydrogen-bond acceptors (Lipinski definition) is 2. The number of hydrogen-bond donors (Lipinski definition) is 0. The van der Waals surface area contributed by atoms with Crippen LogP contribution in [0.25, 0.3) is 0 Å². The van der Waals surface area contributed by atoms with Crippen LogP contribution in [-0.2, 0) is 16.1 Å². The second kappa shape index (κ2) is 8.04. The fourth-order valence-corrected chi connectivity index (χ4v) is 5.27. The minimum absolute atomic E-state index is 0.0652. The summed E-state index contributed by atoms with van der Waals surface area (Å²) in [5, 5.41) is 0. The second-order valence-electron chi connectivity index (χ2n) is 8.84. The number of carbonyl (C=O) groups excluding carboxylic acids is 2. The van der Waals surface area contributed by atoms with Crippen LogP contribution in [0.15, 0.2) is 24.3 Å². The van der Waals surface area contributed by atoms with E-state index in [0.717, 1.165) is 31.0 Å². The van der Waals surface area contributed by atoms with Crippen LogP contribution < -0.4 is 0 Å². The third-order valence-electron chi connectivity index (χ3n) is 6.98. The molecule has 1 aliphatic carbocycles. The van der Waals surface area contributed by atoms with E-state index in [1.807, 2.05) is 4.90 Å². The van der Waals surface area contributed by atoms with Gasteiger partial charge in [-0.2, -0.15) is 0 Å². The summed E-state index contributed by atoms with van der Waals surface area (Å²) in [6.07, 6.45) is 8.40. The first kappa shape index (κ1) is 18.5. The Labute approximate surface area is 162 Å². The molecule has 2 aliphatic heterocycles. The van der Waals surface area contributed by atoms with Crippen molar-refractivity contribution in [2.75, 3.05) is 13.1 Å². The van der Waals surface area contributed by atoms with Crippen molar-refractivity contribution in [3.05, 3.63) is 35.4 Å². The smallest absolute Gasteiger partial charge is 0.224 e. The van der Waals surface area contributed by atoms with E-state index in [0.29, 0.717) is 25.3 Å². The van der Waals surface area contributed by atoms with Crippen LogP contribution in [0.2, 0.25) is 0 Å². The highest BCUT2D eigenvalue weighted by Gasteiger charge is 2.36. The van der Waals surface area contributed by atoms with Crippen molar-refractivity contribution in [1.82, 2.24) is 9.80 Å². The zero-order valence-corrected chi connectivity index (χ0v) is 16.5. The van der Waals surface area contributed by atoms with Gasteiger partial charge in [-0.3, -0.25) is 9.59 Å². The SMILES string of the molecule is Cc1ccc(CN2C(=O)CCC2CC(=O)N2CCC3CCCCC3C2)cc1. The molecule has 2 heterocycles. The number of benzene rings is 1. The van der Waals surface area contributed by atoms with E-state index in [9.17, 15) is 9.59 Å². The third-order valence-corrected chi connectivity index (χ3v) is 6.98. The van der Waals surface area contributed by atoms with Crippen molar-refractivity contribution >= 4 is 11.8 Å². The summed E-state index contributed by atoms with van der Waals surface area (Å²) in [5.74, 6) is 2.01. The molecule has 1 saturated carbocycles. The van der Waals surface area contributed by atoms with Gasteiger partial charge in [0.2, 0.25) is 11.8 Å². The average Bonchev–Trinajstić information content (AvgIpc) is 3.02. The number of amides is 2. The molecule has 0 bridgehead atoms. The van der Waals surface area contributed by atoms with Gasteiger partial charge >= 0.3 is 0 Å². The summed E-state index contributed by atoms with van der Waals surface area (Å²) in [4.78, 5) is 29.4. The number of carbonyl (C=O) groups is 2. The first-order chi connectivity index (χ1) is 13.1. The molecule has 3 aliphatic rings. The molecule has 27 heavy (non-hydrogen) atoms. The first-order valence-electron chi connectivity index (χ1n) is 10.7. The van der Waals surface area contributed by atoms with Gasteiger partial charge in [0.15, 0.2) is 0 Å². The topological polar surface area (TPSA) is 40.6 Å². The highest BCUT2D eigenvalue weighted by Crippen LogP contribution is 2.36. The van der Waals surface area contributed by atoms with E-state index in [4.69, 9.17) is 0 Å². The molecule has 0 spiro atoms. The Morgan fingerprint density at radius 3 is 2.56 bits per heavy atom. The van der Waals surface area contributed by atoms with Gasteiger partial charge < -0.3 is 9.80 Å². The van der Waals surface area contributed by atoms with Crippen LogP contribution in [0.3, 0.4) is 0 Å². The summed E-state index contributed by atoms with van der Waals surface area (Å²) in [7, 11) is 0. The van der Waals surface area contributed by atoms with Crippen LogP contribution in [0.1, 0.15) is 62.5 Å². The lowest BCUT2D eigenvalue weighted by Gasteiger charge is -2.41. The molecule has 4 nitrogen and oxygen atoms in total. The number of piperidine rings is 1. The van der Waals surface area contributed by atoms with Gasteiger partial charge in [-0.25, -0.2) is 0 Å². The Morgan fingerprint density at radius 2 is 1.78 bits per heavy atom. The fraction of sp³-hybridized carbons (Fsp3) is 0.652. The molecular formula is C23H32N2O2. The number of fused-ring (bicyclic) bond motifs is 1. The molecule has 3 unspecified atom stereocenters. The van der Waals surface area contributed by atoms with Crippen LogP contribution in [-0.4, -0.2) is 40.7 Å². The van der Waals surface area contributed by atoms with Gasteiger partial charge in [0.05, 0.1) is 0 Å². The normalized spacial score (nSPS) is 28.3. The monoisotopic (exact) mass is 368 g/mol. The van der Waals surface area contributed by atoms with Gasteiger partial charge in [0.25, 0.3) is 0 Å². The minimum atomic E-state index is 0.0652. The zero-order chi connectivity index (χ0) is 18.8. The maximum absolute atomic E-state index is 13.0. The van der Waals surface area contributed by atoms with Gasteiger partial charge in [-0.15, -0.1) is 0 Å². The van der Waals surface area contributed by atoms with E-state index in [1.54, 1.807) is 0 Å². The van der Waals surface area contributed by atoms with E-state index in [-0.39, 0.29) is 17.9 Å². The van der Waals surface area contributed by atoms with Crippen molar-refractivity contribution in [2.45, 2.75) is 70.9 Å². The maximum Gasteiger partial charge on any atom is 0.224 e. The quantitative estimate of drug-likeness (QED) is 0.808. The molecule has 0 N–H and O–H groups in total. The van der Waals surface area contributed by atoms with E-state index < -0.39 is 0 Å². The maximum atomic E-state index is 13.0. The zero-order valence-electron chi connectivity index (χ0n) is 16.5. The predicted molar refractivity (Wildman–Crippen MR) is 106 cm³/mol. The van der Waals surface area contributed by atoms with Crippen molar-refractivity contribution in [2.24, 2.45) is 11.8 Å². The lowest BCUT2D eigenvalue weighted by atomic mass is 9.75. The highest BCUT2D eigenvalue weighted by molar-refractivity contribution is 5.82. The van der Waals surface area contributed by atoms with Gasteiger partial charge in [0.1, 0.15) is 0 Å². The van der Waals surface area contributed by atoms with E-state index in [1.165, 1.54) is 37.7 Å². The second-order valence-corrected chi connectivity index (χ2v) is 8.84. The number of nitrogens with zero attached hydrogens (tertiary/aromatic N) is 2. The van der Waals surface area contributed by atoms with E-state index >= 15 is 0 Å². The van der Waals surface area contributed by atoms with Gasteiger partial charge in [-0.1, -0.05) is 49.1 Å². The molecule has 3 fully saturated rings. The minimum Gasteiger partial charge on any atom is -0.342 e. The molecule has 0 radical (unpaired) electrons. The number of aryl methyl sites for hydroxylation is 1. The molecular weight excluding hydrogens is 336 g/mol. The summed E-state index contributed by atoms with van der Waals surface area (Å²) >= 11 is 0. The fourth-order valence-electron chi connectivity index (χ4n) is 5.27. The largest absolute Gasteiger partial charge is 0.342 e. The van der Waals surface area contributed by atoms with Gasteiger partial charge in [-0.05, 0) is 43.6 Å². The molecule has 2 amide bonds. The molecule has 4 heteroatoms. The Bertz CT molecular complexity index is 684. The molecule has 3 atom stereocenters. The molecule has 146 valence electrons. The molecule has 1 aromatic rings. The standard InChI is InChI=1S/C23H32N2O2/c1-17-6-8-18(9-7-17)15-25-21(10-11-22(25)26)14-23(27)24-13-12-19-4-2-3-5-20(19)16-24/h6-9,19-21H,2-5,10-16H2,1H3. The average molecular weight is 369 g/mol. The lowest BCUT2D eigenvalue weighted by molar-refractivity contribution is -0.136. The van der Waals surface area contributed by atoms with Gasteiger partial charge in [0, 0.05) is 38.5 Å². The van der Waals surface area contributed by atoms with Crippen LogP contribution in [0, 0.1) is 18.8 Å². The summed E-state index contributed by atoms with van der Waals surface area (Å²) < 4.78 is 0. The molecule has 1 aromatic carbocycles.